The van der Waals surface area contributed by atoms with Crippen molar-refractivity contribution in [3.8, 4) is 0 Å². The first-order chi connectivity index (χ1) is 11.4. The summed E-state index contributed by atoms with van der Waals surface area (Å²) in [6.45, 7) is 2.97. The van der Waals surface area contributed by atoms with Crippen molar-refractivity contribution in [2.24, 2.45) is 7.05 Å². The van der Waals surface area contributed by atoms with E-state index in [2.05, 4.69) is 10.00 Å². The Morgan fingerprint density at radius 2 is 1.80 bits per heavy atom. The highest BCUT2D eigenvalue weighted by atomic mass is 35.5. The Morgan fingerprint density at radius 1 is 1.12 bits per heavy atom. The standard InChI is InChI=1S/C15H18Cl2N4O2S.ClH/c1-19-11-13(9-18-19)24(22,23)21-6-4-20(5-7-21)10-12-2-3-14(16)15(17)8-12;/h2-3,8-9,11H,4-7,10H2,1H3;1H. The first-order valence-electron chi connectivity index (χ1n) is 7.51. The summed E-state index contributed by atoms with van der Waals surface area (Å²) in [4.78, 5) is 2.44. The molecular formula is C15H19Cl3N4O2S. The van der Waals surface area contributed by atoms with E-state index in [0.717, 1.165) is 12.1 Å². The second-order valence-electron chi connectivity index (χ2n) is 5.78. The van der Waals surface area contributed by atoms with Gasteiger partial charge in [0.05, 0.1) is 16.2 Å². The van der Waals surface area contributed by atoms with Crippen LogP contribution in [0.25, 0.3) is 0 Å². The maximum atomic E-state index is 12.6. The van der Waals surface area contributed by atoms with E-state index in [1.54, 1.807) is 13.1 Å². The molecule has 3 rings (SSSR count). The second-order valence-corrected chi connectivity index (χ2v) is 8.53. The first kappa shape index (κ1) is 20.5. The summed E-state index contributed by atoms with van der Waals surface area (Å²) in [7, 11) is -1.76. The maximum absolute atomic E-state index is 12.6. The van der Waals surface area contributed by atoms with Crippen LogP contribution in [0.1, 0.15) is 5.56 Å². The Hall–Kier alpha value is -0.830. The van der Waals surface area contributed by atoms with Crippen LogP contribution in [0.4, 0.5) is 0 Å². The molecule has 1 aliphatic rings. The number of aryl methyl sites for hydroxylation is 1. The number of sulfonamides is 1. The smallest absolute Gasteiger partial charge is 0.246 e. The van der Waals surface area contributed by atoms with Crippen molar-refractivity contribution in [2.75, 3.05) is 26.2 Å². The molecule has 0 radical (unpaired) electrons. The molecule has 0 aliphatic carbocycles. The number of rotatable bonds is 4. The zero-order valence-corrected chi connectivity index (χ0v) is 16.7. The number of halogens is 3. The van der Waals surface area contributed by atoms with E-state index in [1.165, 1.54) is 21.4 Å². The van der Waals surface area contributed by atoms with Crippen molar-refractivity contribution in [1.29, 1.82) is 0 Å². The van der Waals surface area contributed by atoms with Crippen molar-refractivity contribution in [1.82, 2.24) is 19.0 Å². The molecule has 0 amide bonds. The molecule has 2 heterocycles. The van der Waals surface area contributed by atoms with Crippen LogP contribution in [0.5, 0.6) is 0 Å². The lowest BCUT2D eigenvalue weighted by Crippen LogP contribution is -2.48. The molecule has 0 unspecified atom stereocenters. The molecule has 1 aromatic heterocycles. The Labute approximate surface area is 163 Å². The highest BCUT2D eigenvalue weighted by Crippen LogP contribution is 2.24. The molecule has 0 saturated carbocycles. The molecule has 1 fully saturated rings. The fourth-order valence-electron chi connectivity index (χ4n) is 2.71. The summed E-state index contributed by atoms with van der Waals surface area (Å²) in [5.74, 6) is 0. The van der Waals surface area contributed by atoms with Gasteiger partial charge in [0.2, 0.25) is 10.0 Å². The van der Waals surface area contributed by atoms with E-state index in [-0.39, 0.29) is 17.3 Å². The molecule has 0 bridgehead atoms. The summed E-state index contributed by atoms with van der Waals surface area (Å²) in [6.07, 6.45) is 2.91. The van der Waals surface area contributed by atoms with Gasteiger partial charge in [-0.25, -0.2) is 8.42 Å². The average molecular weight is 426 g/mol. The zero-order valence-electron chi connectivity index (χ0n) is 13.6. The molecule has 0 N–H and O–H groups in total. The average Bonchev–Trinajstić information content (AvgIpc) is 2.99. The Kier molecular flexibility index (Phi) is 6.75. The molecule has 1 saturated heterocycles. The molecule has 0 atom stereocenters. The lowest BCUT2D eigenvalue weighted by Gasteiger charge is -2.33. The van der Waals surface area contributed by atoms with Crippen LogP contribution in [0.2, 0.25) is 10.0 Å². The molecule has 1 aromatic carbocycles. The lowest BCUT2D eigenvalue weighted by atomic mass is 10.2. The van der Waals surface area contributed by atoms with Crippen LogP contribution < -0.4 is 0 Å². The van der Waals surface area contributed by atoms with Gasteiger partial charge in [0.15, 0.2) is 0 Å². The number of nitrogens with zero attached hydrogens (tertiary/aromatic N) is 4. The van der Waals surface area contributed by atoms with Crippen molar-refractivity contribution in [2.45, 2.75) is 11.4 Å². The number of hydrogen-bond donors (Lipinski definition) is 0. The van der Waals surface area contributed by atoms with E-state index in [9.17, 15) is 8.42 Å². The molecular weight excluding hydrogens is 407 g/mol. The molecule has 25 heavy (non-hydrogen) atoms. The fraction of sp³-hybridized carbons (Fsp3) is 0.400. The van der Waals surface area contributed by atoms with Crippen molar-refractivity contribution < 1.29 is 8.42 Å². The number of benzene rings is 1. The van der Waals surface area contributed by atoms with Gasteiger partial charge in [0.25, 0.3) is 0 Å². The highest BCUT2D eigenvalue weighted by molar-refractivity contribution is 7.89. The van der Waals surface area contributed by atoms with Gasteiger partial charge in [-0.05, 0) is 17.7 Å². The van der Waals surface area contributed by atoms with Gasteiger partial charge in [0, 0.05) is 46.0 Å². The van der Waals surface area contributed by atoms with Crippen LogP contribution >= 0.6 is 35.6 Å². The summed E-state index contributed by atoms with van der Waals surface area (Å²) in [6, 6.07) is 5.57. The molecule has 6 nitrogen and oxygen atoms in total. The number of hydrogen-bond acceptors (Lipinski definition) is 4. The van der Waals surface area contributed by atoms with Gasteiger partial charge >= 0.3 is 0 Å². The van der Waals surface area contributed by atoms with Crippen LogP contribution in [0.3, 0.4) is 0 Å². The lowest BCUT2D eigenvalue weighted by molar-refractivity contribution is 0.181. The molecule has 2 aromatic rings. The third kappa shape index (κ3) is 4.67. The van der Waals surface area contributed by atoms with Crippen molar-refractivity contribution in [3.05, 3.63) is 46.2 Å². The minimum Gasteiger partial charge on any atom is -0.296 e. The van der Waals surface area contributed by atoms with E-state index >= 15 is 0 Å². The monoisotopic (exact) mass is 424 g/mol. The van der Waals surface area contributed by atoms with Gasteiger partial charge in [-0.2, -0.15) is 9.40 Å². The molecule has 0 spiro atoms. The quantitative estimate of drug-likeness (QED) is 0.755. The van der Waals surface area contributed by atoms with E-state index in [4.69, 9.17) is 23.2 Å². The Morgan fingerprint density at radius 3 is 2.36 bits per heavy atom. The molecule has 138 valence electrons. The van der Waals surface area contributed by atoms with E-state index in [1.807, 2.05) is 12.1 Å². The zero-order chi connectivity index (χ0) is 17.3. The van der Waals surface area contributed by atoms with E-state index < -0.39 is 10.0 Å². The van der Waals surface area contributed by atoms with Gasteiger partial charge < -0.3 is 0 Å². The van der Waals surface area contributed by atoms with Crippen LogP contribution in [-0.2, 0) is 23.6 Å². The topological polar surface area (TPSA) is 58.4 Å². The predicted molar refractivity (Wildman–Crippen MR) is 101 cm³/mol. The third-order valence-corrected chi connectivity index (χ3v) is 6.63. The summed E-state index contributed by atoms with van der Waals surface area (Å²) in [5.41, 5.74) is 1.06. The van der Waals surface area contributed by atoms with Crippen LogP contribution in [0, 0.1) is 0 Å². The number of piperazine rings is 1. The van der Waals surface area contributed by atoms with Gasteiger partial charge in [-0.3, -0.25) is 9.58 Å². The largest absolute Gasteiger partial charge is 0.296 e. The van der Waals surface area contributed by atoms with Gasteiger partial charge in [-0.1, -0.05) is 29.3 Å². The van der Waals surface area contributed by atoms with Gasteiger partial charge in [0.1, 0.15) is 4.90 Å². The Balaban J connectivity index is 0.00000225. The van der Waals surface area contributed by atoms with Crippen LogP contribution in [0.15, 0.2) is 35.5 Å². The SMILES string of the molecule is Cl.Cn1cc(S(=O)(=O)N2CCN(Cc3ccc(Cl)c(Cl)c3)CC2)cn1. The predicted octanol–water partition coefficient (Wildman–Crippen LogP) is 2.66. The van der Waals surface area contributed by atoms with E-state index in [0.29, 0.717) is 36.2 Å². The highest BCUT2D eigenvalue weighted by Gasteiger charge is 2.29. The normalized spacial score (nSPS) is 16.6. The summed E-state index contributed by atoms with van der Waals surface area (Å²) in [5, 5.41) is 5.01. The summed E-state index contributed by atoms with van der Waals surface area (Å²) >= 11 is 12.0. The first-order valence-corrected chi connectivity index (χ1v) is 9.71. The van der Waals surface area contributed by atoms with Crippen molar-refractivity contribution in [3.63, 3.8) is 0 Å². The summed E-state index contributed by atoms with van der Waals surface area (Å²) < 4.78 is 28.1. The number of aromatic nitrogens is 2. The third-order valence-electron chi connectivity index (χ3n) is 4.04. The Bertz CT molecular complexity index is 833. The van der Waals surface area contributed by atoms with Crippen LogP contribution in [-0.4, -0.2) is 53.6 Å². The minimum absolute atomic E-state index is 0. The molecule has 10 heteroatoms. The fourth-order valence-corrected chi connectivity index (χ4v) is 4.43. The molecule has 1 aliphatic heterocycles. The minimum atomic E-state index is -3.47. The van der Waals surface area contributed by atoms with Gasteiger partial charge in [-0.15, -0.1) is 12.4 Å². The maximum Gasteiger partial charge on any atom is 0.246 e. The second kappa shape index (κ2) is 8.24. The van der Waals surface area contributed by atoms with Crippen molar-refractivity contribution >= 4 is 45.6 Å².